The van der Waals surface area contributed by atoms with Gasteiger partial charge in [0.15, 0.2) is 0 Å². The Balaban J connectivity index is 1.63. The topological polar surface area (TPSA) is 43.8 Å². The summed E-state index contributed by atoms with van der Waals surface area (Å²) in [5.74, 6) is -0.744. The van der Waals surface area contributed by atoms with E-state index in [4.69, 9.17) is 0 Å². The lowest BCUT2D eigenvalue weighted by molar-refractivity contribution is -0.143. The number of carboxylic acid groups (broad SMARTS) is 1. The van der Waals surface area contributed by atoms with Crippen LogP contribution in [-0.4, -0.2) is 48.2 Å². The molecule has 0 aromatic heterocycles. The summed E-state index contributed by atoms with van der Waals surface area (Å²) in [5, 5.41) is 9.66. The maximum Gasteiger partial charge on any atom is 0.321 e. The third kappa shape index (κ3) is 4.16. The molecule has 1 N–H and O–H groups in total. The van der Waals surface area contributed by atoms with Crippen molar-refractivity contribution < 1.29 is 9.90 Å². The zero-order valence-corrected chi connectivity index (χ0v) is 15.0. The number of aliphatic carboxylic acids is 1. The van der Waals surface area contributed by atoms with Crippen LogP contribution >= 0.6 is 15.9 Å². The van der Waals surface area contributed by atoms with Crippen LogP contribution in [0.4, 0.5) is 5.69 Å². The van der Waals surface area contributed by atoms with Crippen LogP contribution in [0.5, 0.6) is 0 Å². The Morgan fingerprint density at radius 3 is 2.21 bits per heavy atom. The van der Waals surface area contributed by atoms with E-state index in [-0.39, 0.29) is 0 Å². The van der Waals surface area contributed by atoms with Crippen molar-refractivity contribution in [1.29, 1.82) is 0 Å². The molecule has 126 valence electrons. The summed E-state index contributed by atoms with van der Waals surface area (Å²) < 4.78 is 1.01. The number of halogens is 1. The summed E-state index contributed by atoms with van der Waals surface area (Å²) in [5.41, 5.74) is 2.26. The van der Waals surface area contributed by atoms with Gasteiger partial charge in [-0.05, 0) is 36.2 Å². The van der Waals surface area contributed by atoms with Crippen molar-refractivity contribution in [2.75, 3.05) is 31.1 Å². The molecule has 0 bridgehead atoms. The molecule has 1 aliphatic heterocycles. The fourth-order valence-corrected chi connectivity index (χ4v) is 3.41. The number of piperazine rings is 1. The highest BCUT2D eigenvalue weighted by atomic mass is 79.9. The number of carboxylic acids is 1. The van der Waals surface area contributed by atoms with Gasteiger partial charge in [0, 0.05) is 36.3 Å². The third-order valence-corrected chi connectivity index (χ3v) is 5.03. The van der Waals surface area contributed by atoms with Gasteiger partial charge in [0.25, 0.3) is 0 Å². The first-order valence-corrected chi connectivity index (χ1v) is 8.94. The van der Waals surface area contributed by atoms with Crippen LogP contribution in [0.15, 0.2) is 59.1 Å². The summed E-state index contributed by atoms with van der Waals surface area (Å²) >= 11 is 3.41. The zero-order valence-electron chi connectivity index (χ0n) is 13.4. The number of nitrogens with zero attached hydrogens (tertiary/aromatic N) is 2. The molecule has 4 nitrogen and oxygen atoms in total. The predicted octanol–water partition coefficient (Wildman–Crippen LogP) is 3.27. The van der Waals surface area contributed by atoms with E-state index in [0.29, 0.717) is 6.42 Å². The molecule has 1 unspecified atom stereocenters. The average Bonchev–Trinajstić information content (AvgIpc) is 2.62. The van der Waals surface area contributed by atoms with Gasteiger partial charge in [-0.2, -0.15) is 0 Å². The standard InChI is InChI=1S/C19H21BrN2O2/c20-16-8-6-15(7-9-16)14-18(19(23)24)22-12-10-21(11-13-22)17-4-2-1-3-5-17/h1-9,18H,10-14H2,(H,23,24). The summed E-state index contributed by atoms with van der Waals surface area (Å²) in [6.07, 6.45) is 0.536. The van der Waals surface area contributed by atoms with Crippen molar-refractivity contribution in [2.45, 2.75) is 12.5 Å². The fourth-order valence-electron chi connectivity index (χ4n) is 3.15. The Labute approximate surface area is 150 Å². The third-order valence-electron chi connectivity index (χ3n) is 4.50. The van der Waals surface area contributed by atoms with E-state index < -0.39 is 12.0 Å². The van der Waals surface area contributed by atoms with Crippen LogP contribution < -0.4 is 4.90 Å². The van der Waals surface area contributed by atoms with Gasteiger partial charge in [0.05, 0.1) is 0 Å². The molecule has 2 aromatic rings. The minimum absolute atomic E-state index is 0.468. The quantitative estimate of drug-likeness (QED) is 0.853. The van der Waals surface area contributed by atoms with Crippen LogP contribution in [-0.2, 0) is 11.2 Å². The number of anilines is 1. The SMILES string of the molecule is O=C(O)C(Cc1ccc(Br)cc1)N1CCN(c2ccccc2)CC1. The molecule has 1 fully saturated rings. The van der Waals surface area contributed by atoms with Crippen LogP contribution in [0.3, 0.4) is 0 Å². The van der Waals surface area contributed by atoms with Gasteiger partial charge in [-0.25, -0.2) is 0 Å². The molecule has 0 aliphatic carbocycles. The van der Waals surface area contributed by atoms with Gasteiger partial charge in [-0.3, -0.25) is 9.69 Å². The minimum atomic E-state index is -0.744. The Morgan fingerprint density at radius 1 is 1.00 bits per heavy atom. The van der Waals surface area contributed by atoms with E-state index in [2.05, 4.69) is 37.9 Å². The second kappa shape index (κ2) is 7.81. The molecule has 2 aromatic carbocycles. The maximum absolute atomic E-state index is 11.8. The van der Waals surface area contributed by atoms with E-state index in [0.717, 1.165) is 36.2 Å². The molecular weight excluding hydrogens is 368 g/mol. The van der Waals surface area contributed by atoms with Gasteiger partial charge < -0.3 is 10.0 Å². The Bertz CT molecular complexity index is 668. The van der Waals surface area contributed by atoms with Gasteiger partial charge in [0.2, 0.25) is 0 Å². The molecule has 1 aliphatic rings. The summed E-state index contributed by atoms with van der Waals surface area (Å²) in [7, 11) is 0. The van der Waals surface area contributed by atoms with E-state index >= 15 is 0 Å². The number of rotatable bonds is 5. The fraction of sp³-hybridized carbons (Fsp3) is 0.316. The van der Waals surface area contributed by atoms with E-state index in [1.165, 1.54) is 5.69 Å². The highest BCUT2D eigenvalue weighted by Crippen LogP contribution is 2.19. The number of carbonyl (C=O) groups is 1. The molecule has 0 saturated carbocycles. The Hall–Kier alpha value is -1.85. The number of para-hydroxylation sites is 1. The van der Waals surface area contributed by atoms with Gasteiger partial charge >= 0.3 is 5.97 Å². The number of benzene rings is 2. The van der Waals surface area contributed by atoms with E-state index in [1.54, 1.807) is 0 Å². The Morgan fingerprint density at radius 2 is 1.62 bits per heavy atom. The van der Waals surface area contributed by atoms with Crippen molar-refractivity contribution in [3.05, 3.63) is 64.6 Å². The van der Waals surface area contributed by atoms with Gasteiger partial charge in [-0.1, -0.05) is 46.3 Å². The number of hydrogen-bond donors (Lipinski definition) is 1. The molecule has 24 heavy (non-hydrogen) atoms. The monoisotopic (exact) mass is 388 g/mol. The van der Waals surface area contributed by atoms with Crippen molar-refractivity contribution >= 4 is 27.6 Å². The zero-order chi connectivity index (χ0) is 16.9. The first-order chi connectivity index (χ1) is 11.6. The predicted molar refractivity (Wildman–Crippen MR) is 99.5 cm³/mol. The normalized spacial score (nSPS) is 16.8. The largest absolute Gasteiger partial charge is 0.480 e. The molecular formula is C19H21BrN2O2. The molecule has 3 rings (SSSR count). The average molecular weight is 389 g/mol. The van der Waals surface area contributed by atoms with Crippen molar-refractivity contribution in [3.8, 4) is 0 Å². The van der Waals surface area contributed by atoms with E-state index in [1.807, 2.05) is 42.5 Å². The highest BCUT2D eigenvalue weighted by Gasteiger charge is 2.29. The lowest BCUT2D eigenvalue weighted by atomic mass is 10.0. The van der Waals surface area contributed by atoms with Crippen molar-refractivity contribution in [2.24, 2.45) is 0 Å². The summed E-state index contributed by atoms with van der Waals surface area (Å²) in [6, 6.07) is 17.7. The maximum atomic E-state index is 11.8. The van der Waals surface area contributed by atoms with Gasteiger partial charge in [0.1, 0.15) is 6.04 Å². The van der Waals surface area contributed by atoms with Crippen LogP contribution in [0.2, 0.25) is 0 Å². The minimum Gasteiger partial charge on any atom is -0.480 e. The van der Waals surface area contributed by atoms with Crippen molar-refractivity contribution in [1.82, 2.24) is 4.90 Å². The molecule has 0 amide bonds. The summed E-state index contributed by atoms with van der Waals surface area (Å²) in [6.45, 7) is 3.24. The second-order valence-corrected chi connectivity index (χ2v) is 6.96. The molecule has 1 atom stereocenters. The number of hydrogen-bond acceptors (Lipinski definition) is 3. The molecule has 0 radical (unpaired) electrons. The van der Waals surface area contributed by atoms with E-state index in [9.17, 15) is 9.90 Å². The highest BCUT2D eigenvalue weighted by molar-refractivity contribution is 9.10. The smallest absolute Gasteiger partial charge is 0.321 e. The molecule has 1 heterocycles. The van der Waals surface area contributed by atoms with Crippen LogP contribution in [0, 0.1) is 0 Å². The molecule has 0 spiro atoms. The second-order valence-electron chi connectivity index (χ2n) is 6.04. The molecule has 1 saturated heterocycles. The first kappa shape index (κ1) is 17.0. The first-order valence-electron chi connectivity index (χ1n) is 8.15. The summed E-state index contributed by atoms with van der Waals surface area (Å²) in [4.78, 5) is 16.2. The molecule has 5 heteroatoms. The lowest BCUT2D eigenvalue weighted by Gasteiger charge is -2.38. The van der Waals surface area contributed by atoms with Gasteiger partial charge in [-0.15, -0.1) is 0 Å². The van der Waals surface area contributed by atoms with Crippen LogP contribution in [0.25, 0.3) is 0 Å². The lowest BCUT2D eigenvalue weighted by Crippen LogP contribution is -2.53. The van der Waals surface area contributed by atoms with Crippen molar-refractivity contribution in [3.63, 3.8) is 0 Å². The Kier molecular flexibility index (Phi) is 5.53. The van der Waals surface area contributed by atoms with Crippen LogP contribution in [0.1, 0.15) is 5.56 Å².